The third-order valence-electron chi connectivity index (χ3n) is 12.9. The average molecular weight is 1100 g/mol. The number of carbonyl (C=O) groups is 1. The lowest BCUT2D eigenvalue weighted by Crippen LogP contribution is -2.65. The maximum absolute atomic E-state index is 13.2. The third kappa shape index (κ3) is 33.8. The van der Waals surface area contributed by atoms with E-state index in [0.29, 0.717) is 12.8 Å². The van der Waals surface area contributed by atoms with Crippen LogP contribution in [0, 0.1) is 0 Å². The minimum Gasteiger partial charge on any atom is -0.394 e. The minimum atomic E-state index is -1.80. The topological polar surface area (TPSA) is 228 Å². The van der Waals surface area contributed by atoms with Gasteiger partial charge in [-0.15, -0.1) is 0 Å². The van der Waals surface area contributed by atoms with Crippen molar-refractivity contribution in [1.82, 2.24) is 5.32 Å². The second-order valence-electron chi connectivity index (χ2n) is 19.7. The van der Waals surface area contributed by atoms with E-state index in [-0.39, 0.29) is 18.9 Å². The van der Waals surface area contributed by atoms with Crippen molar-refractivity contribution in [2.75, 3.05) is 19.8 Å². The van der Waals surface area contributed by atoms with E-state index in [2.05, 4.69) is 165 Å². The van der Waals surface area contributed by atoms with Gasteiger partial charge in [-0.3, -0.25) is 4.79 Å². The molecule has 0 aliphatic carbocycles. The molecule has 2 fully saturated rings. The van der Waals surface area contributed by atoms with Crippen molar-refractivity contribution in [3.63, 3.8) is 0 Å². The van der Waals surface area contributed by atoms with Crippen LogP contribution in [-0.4, -0.2) is 140 Å². The summed E-state index contributed by atoms with van der Waals surface area (Å²) in [7, 11) is 0. The van der Waals surface area contributed by atoms with Crippen molar-refractivity contribution >= 4 is 5.91 Å². The lowest BCUT2D eigenvalue weighted by Gasteiger charge is -2.46. The highest BCUT2D eigenvalue weighted by molar-refractivity contribution is 5.76. The molecule has 0 spiro atoms. The van der Waals surface area contributed by atoms with Crippen LogP contribution < -0.4 is 5.32 Å². The maximum Gasteiger partial charge on any atom is 0.220 e. The van der Waals surface area contributed by atoms with E-state index >= 15 is 0 Å². The zero-order valence-electron chi connectivity index (χ0n) is 47.5. The molecule has 0 bridgehead atoms. The number of ether oxygens (including phenoxy) is 4. The average Bonchev–Trinajstić information content (AvgIpc) is 3.47. The van der Waals surface area contributed by atoms with Crippen molar-refractivity contribution < 1.29 is 64.6 Å². The molecule has 9 N–H and O–H groups in total. The summed E-state index contributed by atoms with van der Waals surface area (Å²) in [4.78, 5) is 13.2. The molecule has 444 valence electrons. The fourth-order valence-corrected chi connectivity index (χ4v) is 8.24. The SMILES string of the molecule is CC/C=C\C/C=C\C/C=C\C/C=C\C/C=C\C/C=C\C/C=C\C/C=C\C/C=C\C/C=C\C/C=C\CCCCCC(=O)NC(COC1OC(CO)C(OC2OC(CO)C(O)C(O)C2O)C(O)C1O)C(O)/C=C/CC/C=C/CCCC. The maximum atomic E-state index is 13.2. The molecule has 0 aromatic heterocycles. The quantitative estimate of drug-likeness (QED) is 0.0205. The van der Waals surface area contributed by atoms with Gasteiger partial charge >= 0.3 is 0 Å². The molecule has 2 aliphatic rings. The Labute approximate surface area is 474 Å². The molecule has 14 nitrogen and oxygen atoms in total. The number of aliphatic hydroxyl groups is 8. The van der Waals surface area contributed by atoms with E-state index in [1.54, 1.807) is 6.08 Å². The molecule has 12 atom stereocenters. The summed E-state index contributed by atoms with van der Waals surface area (Å²) in [6.45, 7) is 2.51. The second kappa shape index (κ2) is 48.3. The lowest BCUT2D eigenvalue weighted by atomic mass is 9.97. The van der Waals surface area contributed by atoms with E-state index in [4.69, 9.17) is 18.9 Å². The van der Waals surface area contributed by atoms with Gasteiger partial charge in [-0.25, -0.2) is 0 Å². The number of aliphatic hydroxyl groups excluding tert-OH is 8. The Bertz CT molecular complexity index is 1930. The molecule has 2 rings (SSSR count). The molecule has 14 heteroatoms. The fraction of sp³-hybridized carbons (Fsp3) is 0.585. The first-order chi connectivity index (χ1) is 38.6. The molecular weight excluding hydrogens is 1000 g/mol. The molecule has 2 saturated heterocycles. The number of hydrogen-bond acceptors (Lipinski definition) is 13. The predicted molar refractivity (Wildman–Crippen MR) is 317 cm³/mol. The fourth-order valence-electron chi connectivity index (χ4n) is 8.24. The summed E-state index contributed by atoms with van der Waals surface area (Å²) in [5, 5.41) is 86.6. The van der Waals surface area contributed by atoms with Crippen LogP contribution >= 0.6 is 0 Å². The third-order valence-corrected chi connectivity index (χ3v) is 12.9. The number of nitrogens with one attached hydrogen (secondary N) is 1. The van der Waals surface area contributed by atoms with Crippen LogP contribution in [0.25, 0.3) is 0 Å². The molecule has 2 aliphatic heterocycles. The van der Waals surface area contributed by atoms with Crippen molar-refractivity contribution in [2.45, 2.75) is 222 Å². The first kappa shape index (κ1) is 70.7. The number of allylic oxidation sites excluding steroid dienone is 25. The van der Waals surface area contributed by atoms with Gasteiger partial charge in [0.15, 0.2) is 12.6 Å². The van der Waals surface area contributed by atoms with Gasteiger partial charge in [-0.2, -0.15) is 0 Å². The number of unbranched alkanes of at least 4 members (excludes halogenated alkanes) is 6. The highest BCUT2D eigenvalue weighted by Crippen LogP contribution is 2.30. The van der Waals surface area contributed by atoms with Crippen LogP contribution in [0.2, 0.25) is 0 Å². The molecule has 79 heavy (non-hydrogen) atoms. The minimum absolute atomic E-state index is 0.221. The Morgan fingerprint density at radius 1 is 0.468 bits per heavy atom. The van der Waals surface area contributed by atoms with Crippen molar-refractivity contribution in [3.05, 3.63) is 158 Å². The van der Waals surface area contributed by atoms with Crippen LogP contribution in [0.15, 0.2) is 158 Å². The first-order valence-corrected chi connectivity index (χ1v) is 29.2. The summed E-state index contributed by atoms with van der Waals surface area (Å²) < 4.78 is 22.6. The van der Waals surface area contributed by atoms with Gasteiger partial charge in [0.2, 0.25) is 5.91 Å². The van der Waals surface area contributed by atoms with Gasteiger partial charge in [0.05, 0.1) is 32.0 Å². The Balaban J connectivity index is 1.66. The largest absolute Gasteiger partial charge is 0.394 e. The van der Waals surface area contributed by atoms with Gasteiger partial charge in [0, 0.05) is 6.42 Å². The standard InChI is InChI=1S/C65H101NO13/c1-3-5-7-9-11-13-14-15-16-17-18-19-20-21-22-23-24-25-26-27-28-29-30-31-32-33-34-35-36-37-38-39-40-41-43-45-47-49-57(70)66-53(54(69)48-46-44-42-12-10-8-6-4-2)52-76-64-62(75)60(73)63(56(51-68)78-64)79-65-61(74)59(72)58(71)55(50-67)77-65/h5,7,10-13,15-16,18-19,21-22,24-25,27-28,30-31,33-34,36-37,39-40,46,48,53-56,58-65,67-69,71-75H,3-4,6,8-9,14,17,20,23,26,29,32,35,38,41-45,47,49-52H2,1-2H3,(H,66,70)/b7-5-,12-10+,13-11-,16-15-,19-18-,22-21-,25-24-,28-27-,31-30-,34-33-,37-36-,40-39-,48-46+. The van der Waals surface area contributed by atoms with E-state index in [1.807, 2.05) is 6.08 Å². The Kier molecular flexibility index (Phi) is 43.3. The first-order valence-electron chi connectivity index (χ1n) is 29.2. The Morgan fingerprint density at radius 3 is 1.37 bits per heavy atom. The predicted octanol–water partition coefficient (Wildman–Crippen LogP) is 9.94. The molecule has 0 aromatic carbocycles. The summed E-state index contributed by atoms with van der Waals surface area (Å²) in [6, 6.07) is -0.959. The van der Waals surface area contributed by atoms with E-state index < -0.39 is 86.8 Å². The molecule has 0 aromatic rings. The van der Waals surface area contributed by atoms with Crippen LogP contribution in [0.1, 0.15) is 149 Å². The Hall–Kier alpha value is -4.39. The monoisotopic (exact) mass is 1100 g/mol. The normalized spacial score (nSPS) is 25.6. The summed E-state index contributed by atoms with van der Waals surface area (Å²) >= 11 is 0. The van der Waals surface area contributed by atoms with E-state index in [1.165, 1.54) is 0 Å². The second-order valence-corrected chi connectivity index (χ2v) is 19.7. The molecule has 0 radical (unpaired) electrons. The van der Waals surface area contributed by atoms with Crippen LogP contribution in [-0.2, 0) is 23.7 Å². The Morgan fingerprint density at radius 2 is 0.886 bits per heavy atom. The summed E-state index contributed by atoms with van der Waals surface area (Å²) in [5.41, 5.74) is 0. The van der Waals surface area contributed by atoms with E-state index in [9.17, 15) is 45.6 Å². The van der Waals surface area contributed by atoms with Gasteiger partial charge in [-0.1, -0.05) is 191 Å². The molecule has 2 heterocycles. The van der Waals surface area contributed by atoms with Gasteiger partial charge in [-0.05, 0) is 109 Å². The summed E-state index contributed by atoms with van der Waals surface area (Å²) in [5.74, 6) is -0.294. The van der Waals surface area contributed by atoms with Gasteiger partial charge in [0.1, 0.15) is 48.8 Å². The molecular formula is C65H101NO13. The number of amides is 1. The van der Waals surface area contributed by atoms with Crippen LogP contribution in [0.3, 0.4) is 0 Å². The van der Waals surface area contributed by atoms with E-state index in [0.717, 1.165) is 116 Å². The molecule has 0 saturated carbocycles. The van der Waals surface area contributed by atoms with Gasteiger partial charge < -0.3 is 65.1 Å². The van der Waals surface area contributed by atoms with Crippen molar-refractivity contribution in [3.8, 4) is 0 Å². The number of rotatable bonds is 43. The zero-order chi connectivity index (χ0) is 57.4. The van der Waals surface area contributed by atoms with Crippen LogP contribution in [0.5, 0.6) is 0 Å². The smallest absolute Gasteiger partial charge is 0.220 e. The zero-order valence-corrected chi connectivity index (χ0v) is 47.5. The molecule has 1 amide bonds. The van der Waals surface area contributed by atoms with Gasteiger partial charge in [0.25, 0.3) is 0 Å². The highest BCUT2D eigenvalue weighted by atomic mass is 16.7. The number of carbonyl (C=O) groups excluding carboxylic acids is 1. The van der Waals surface area contributed by atoms with Crippen LogP contribution in [0.4, 0.5) is 0 Å². The number of hydrogen-bond donors (Lipinski definition) is 9. The summed E-state index contributed by atoms with van der Waals surface area (Å²) in [6.07, 6.45) is 57.6. The molecule has 12 unspecified atom stereocenters. The van der Waals surface area contributed by atoms with Crippen molar-refractivity contribution in [1.29, 1.82) is 0 Å². The lowest BCUT2D eigenvalue weighted by molar-refractivity contribution is -0.359. The highest BCUT2D eigenvalue weighted by Gasteiger charge is 2.51. The van der Waals surface area contributed by atoms with Crippen molar-refractivity contribution in [2.24, 2.45) is 0 Å².